The number of aryl methyl sites for hydroxylation is 2. The van der Waals surface area contributed by atoms with Crippen molar-refractivity contribution in [1.82, 2.24) is 14.8 Å². The Morgan fingerprint density at radius 3 is 2.62 bits per heavy atom. The van der Waals surface area contributed by atoms with Crippen molar-refractivity contribution in [3.63, 3.8) is 0 Å². The minimum absolute atomic E-state index is 0.0267. The summed E-state index contributed by atoms with van der Waals surface area (Å²) in [7, 11) is 0. The van der Waals surface area contributed by atoms with Gasteiger partial charge < -0.3 is 15.5 Å². The molecule has 0 aliphatic carbocycles. The molecule has 0 unspecified atom stereocenters. The minimum Gasteiger partial charge on any atom is -0.478 e. The molecule has 3 N–H and O–H groups in total. The summed E-state index contributed by atoms with van der Waals surface area (Å²) < 4.78 is 15.0. The Balaban J connectivity index is 1.93. The first-order valence-electron chi connectivity index (χ1n) is 8.95. The number of aromatic carboxylic acids is 1. The Kier molecular flexibility index (Phi) is 5.34. The summed E-state index contributed by atoms with van der Waals surface area (Å²) >= 11 is 0. The molecule has 152 valence electrons. The molecule has 2 heterocycles. The van der Waals surface area contributed by atoms with Crippen LogP contribution in [0.4, 0.5) is 10.1 Å². The van der Waals surface area contributed by atoms with E-state index in [0.29, 0.717) is 23.9 Å². The van der Waals surface area contributed by atoms with Gasteiger partial charge in [0.25, 0.3) is 5.91 Å². The Morgan fingerprint density at radius 2 is 2.00 bits per heavy atom. The summed E-state index contributed by atoms with van der Waals surface area (Å²) in [6.45, 7) is 5.26. The molecule has 0 aliphatic heterocycles. The number of benzene rings is 1. The number of pyridine rings is 1. The van der Waals surface area contributed by atoms with Gasteiger partial charge in [0, 0.05) is 18.1 Å². The molecule has 0 saturated carbocycles. The van der Waals surface area contributed by atoms with E-state index in [1.807, 2.05) is 0 Å². The number of nitrogens with one attached hydrogen (secondary N) is 1. The number of hydrogen-bond donors (Lipinski definition) is 3. The lowest BCUT2D eigenvalue weighted by Crippen LogP contribution is -2.21. The lowest BCUT2D eigenvalue weighted by atomic mass is 10.1. The first kappa shape index (κ1) is 20.4. The van der Waals surface area contributed by atoms with Crippen LogP contribution in [0.2, 0.25) is 0 Å². The minimum atomic E-state index is -1.23. The Labute approximate surface area is 166 Å². The number of anilines is 1. The van der Waals surface area contributed by atoms with Gasteiger partial charge in [-0.3, -0.25) is 9.48 Å². The molecule has 29 heavy (non-hydrogen) atoms. The van der Waals surface area contributed by atoms with Crippen molar-refractivity contribution in [3.8, 4) is 0 Å². The summed E-state index contributed by atoms with van der Waals surface area (Å²) in [4.78, 5) is 28.0. The van der Waals surface area contributed by atoms with E-state index < -0.39 is 23.3 Å². The number of aliphatic hydroxyl groups is 1. The SMILES string of the molecule is Cc1nc(C(=O)Nc2cc3cn(CCC(C)(C)O)nc3cc2C(=O)O)ccc1F. The van der Waals surface area contributed by atoms with Crippen LogP contribution in [-0.2, 0) is 6.54 Å². The predicted octanol–water partition coefficient (Wildman–Crippen LogP) is 2.99. The molecule has 0 fully saturated rings. The van der Waals surface area contributed by atoms with Gasteiger partial charge in [0.15, 0.2) is 0 Å². The van der Waals surface area contributed by atoms with Crippen LogP contribution in [0.5, 0.6) is 0 Å². The zero-order valence-corrected chi connectivity index (χ0v) is 16.2. The monoisotopic (exact) mass is 400 g/mol. The second kappa shape index (κ2) is 7.59. The molecule has 3 rings (SSSR count). The first-order valence-corrected chi connectivity index (χ1v) is 8.95. The van der Waals surface area contributed by atoms with Gasteiger partial charge in [-0.05, 0) is 51.5 Å². The van der Waals surface area contributed by atoms with Crippen LogP contribution in [0.15, 0.2) is 30.5 Å². The van der Waals surface area contributed by atoms with Crippen LogP contribution < -0.4 is 5.32 Å². The fourth-order valence-corrected chi connectivity index (χ4v) is 2.76. The number of amides is 1. The Morgan fingerprint density at radius 1 is 1.28 bits per heavy atom. The number of carboxylic acids is 1. The van der Waals surface area contributed by atoms with E-state index in [9.17, 15) is 24.2 Å². The summed E-state index contributed by atoms with van der Waals surface area (Å²) in [5, 5.41) is 26.9. The fourth-order valence-electron chi connectivity index (χ4n) is 2.76. The van der Waals surface area contributed by atoms with Crippen molar-refractivity contribution in [2.45, 2.75) is 39.3 Å². The molecule has 0 bridgehead atoms. The number of hydrogen-bond acceptors (Lipinski definition) is 5. The molecular weight excluding hydrogens is 379 g/mol. The highest BCUT2D eigenvalue weighted by Crippen LogP contribution is 2.25. The molecule has 2 aromatic heterocycles. The number of halogens is 1. The van der Waals surface area contributed by atoms with Crippen molar-refractivity contribution in [1.29, 1.82) is 0 Å². The second-order valence-corrected chi connectivity index (χ2v) is 7.43. The highest BCUT2D eigenvalue weighted by Gasteiger charge is 2.18. The molecule has 9 heteroatoms. The van der Waals surface area contributed by atoms with E-state index in [1.165, 1.54) is 25.1 Å². The number of carboxylic acid groups (broad SMARTS) is 1. The number of rotatable bonds is 6. The van der Waals surface area contributed by atoms with E-state index in [-0.39, 0.29) is 22.6 Å². The van der Waals surface area contributed by atoms with Gasteiger partial charge in [-0.1, -0.05) is 0 Å². The molecule has 0 radical (unpaired) electrons. The van der Waals surface area contributed by atoms with Crippen LogP contribution >= 0.6 is 0 Å². The lowest BCUT2D eigenvalue weighted by molar-refractivity contribution is 0.0650. The normalized spacial score (nSPS) is 11.6. The summed E-state index contributed by atoms with van der Waals surface area (Å²) in [5.41, 5.74) is -0.407. The highest BCUT2D eigenvalue weighted by molar-refractivity contribution is 6.08. The number of carbonyl (C=O) groups is 2. The van der Waals surface area contributed by atoms with E-state index >= 15 is 0 Å². The maximum atomic E-state index is 13.4. The van der Waals surface area contributed by atoms with Gasteiger partial charge in [0.2, 0.25) is 0 Å². The van der Waals surface area contributed by atoms with Crippen LogP contribution in [0, 0.1) is 12.7 Å². The molecule has 0 aliphatic rings. The molecule has 0 saturated heterocycles. The van der Waals surface area contributed by atoms with Crippen molar-refractivity contribution >= 4 is 28.5 Å². The molecule has 0 atom stereocenters. The van der Waals surface area contributed by atoms with Crippen molar-refractivity contribution in [2.75, 3.05) is 5.32 Å². The predicted molar refractivity (Wildman–Crippen MR) is 104 cm³/mol. The maximum Gasteiger partial charge on any atom is 0.337 e. The fraction of sp³-hybridized carbons (Fsp3) is 0.300. The highest BCUT2D eigenvalue weighted by atomic mass is 19.1. The number of nitrogens with zero attached hydrogens (tertiary/aromatic N) is 3. The van der Waals surface area contributed by atoms with Gasteiger partial charge in [-0.2, -0.15) is 5.10 Å². The molecular formula is C20H21FN4O4. The third kappa shape index (κ3) is 4.75. The first-order chi connectivity index (χ1) is 13.5. The third-order valence-corrected chi connectivity index (χ3v) is 4.38. The van der Waals surface area contributed by atoms with Gasteiger partial charge in [0.05, 0.1) is 28.1 Å². The third-order valence-electron chi connectivity index (χ3n) is 4.38. The van der Waals surface area contributed by atoms with Gasteiger partial charge in [-0.15, -0.1) is 0 Å². The van der Waals surface area contributed by atoms with E-state index in [0.717, 1.165) is 6.07 Å². The average Bonchev–Trinajstić information content (AvgIpc) is 3.02. The summed E-state index contributed by atoms with van der Waals surface area (Å²) in [6, 6.07) is 5.24. The maximum absolute atomic E-state index is 13.4. The van der Waals surface area contributed by atoms with Crippen molar-refractivity contribution in [2.24, 2.45) is 0 Å². The molecule has 1 aromatic carbocycles. The molecule has 1 amide bonds. The largest absolute Gasteiger partial charge is 0.478 e. The zero-order valence-electron chi connectivity index (χ0n) is 16.2. The van der Waals surface area contributed by atoms with Crippen molar-refractivity contribution < 1.29 is 24.2 Å². The number of aromatic nitrogens is 3. The number of carbonyl (C=O) groups excluding carboxylic acids is 1. The van der Waals surface area contributed by atoms with Crippen LogP contribution in [0.3, 0.4) is 0 Å². The lowest BCUT2D eigenvalue weighted by Gasteiger charge is -2.16. The summed E-state index contributed by atoms with van der Waals surface area (Å²) in [6.07, 6.45) is 2.18. The molecule has 0 spiro atoms. The zero-order chi connectivity index (χ0) is 21.3. The molecule has 3 aromatic rings. The van der Waals surface area contributed by atoms with E-state index in [2.05, 4.69) is 15.4 Å². The Hall–Kier alpha value is -3.33. The second-order valence-electron chi connectivity index (χ2n) is 7.43. The van der Waals surface area contributed by atoms with Crippen LogP contribution in [0.25, 0.3) is 10.9 Å². The Bertz CT molecular complexity index is 1100. The van der Waals surface area contributed by atoms with Gasteiger partial charge in [-0.25, -0.2) is 14.2 Å². The smallest absolute Gasteiger partial charge is 0.337 e. The number of fused-ring (bicyclic) bond motifs is 1. The summed E-state index contributed by atoms with van der Waals surface area (Å²) in [5.74, 6) is -2.41. The topological polar surface area (TPSA) is 117 Å². The molecule has 8 nitrogen and oxygen atoms in total. The van der Waals surface area contributed by atoms with Crippen LogP contribution in [-0.4, -0.2) is 42.5 Å². The van der Waals surface area contributed by atoms with Crippen LogP contribution in [0.1, 0.15) is 46.8 Å². The quantitative estimate of drug-likeness (QED) is 0.586. The standard InChI is InChI=1S/C20H21FN4O4/c1-11-14(21)4-5-15(22-11)18(26)23-17-8-12-10-25(7-6-20(2,3)29)24-16(12)9-13(17)19(27)28/h4-5,8-10,29H,6-7H2,1-3H3,(H,23,26)(H,27,28). The van der Waals surface area contributed by atoms with Gasteiger partial charge in [0.1, 0.15) is 11.5 Å². The van der Waals surface area contributed by atoms with Gasteiger partial charge >= 0.3 is 5.97 Å². The van der Waals surface area contributed by atoms with E-state index in [1.54, 1.807) is 24.7 Å². The van der Waals surface area contributed by atoms with Crippen molar-refractivity contribution in [3.05, 3.63) is 53.2 Å². The average molecular weight is 400 g/mol. The van der Waals surface area contributed by atoms with E-state index in [4.69, 9.17) is 0 Å².